The van der Waals surface area contributed by atoms with Crippen LogP contribution in [-0.4, -0.2) is 25.7 Å². The summed E-state index contributed by atoms with van der Waals surface area (Å²) in [6.45, 7) is 0.314. The number of carbonyl (C=O) groups is 1. The number of hydrogen-bond donors (Lipinski definition) is 2. The van der Waals surface area contributed by atoms with Crippen LogP contribution in [0, 0.1) is 12.3 Å². The van der Waals surface area contributed by atoms with Gasteiger partial charge in [0.15, 0.2) is 0 Å². The molecule has 0 aliphatic rings. The lowest BCUT2D eigenvalue weighted by atomic mass is 10.2. The first kappa shape index (κ1) is 13.2. The van der Waals surface area contributed by atoms with Gasteiger partial charge < -0.3 is 15.8 Å². The molecule has 0 saturated carbocycles. The molecule has 1 atom stereocenters. The zero-order valence-electron chi connectivity index (χ0n) is 9.77. The molecule has 3 N–H and O–H groups in total. The molecule has 1 amide bonds. The molecule has 0 spiro atoms. The first-order valence-corrected chi connectivity index (χ1v) is 5.29. The normalized spacial score (nSPS) is 11.6. The lowest BCUT2D eigenvalue weighted by Gasteiger charge is -2.12. The van der Waals surface area contributed by atoms with E-state index in [1.165, 1.54) is 7.11 Å². The van der Waals surface area contributed by atoms with Gasteiger partial charge in [-0.25, -0.2) is 0 Å². The third kappa shape index (κ3) is 4.27. The number of anilines is 1. The van der Waals surface area contributed by atoms with Gasteiger partial charge in [0.2, 0.25) is 5.91 Å². The summed E-state index contributed by atoms with van der Waals surface area (Å²) in [5.41, 5.74) is 6.84. The Bertz CT molecular complexity index is 420. The second-order valence-corrected chi connectivity index (χ2v) is 3.57. The molecule has 1 aromatic carbocycles. The maximum atomic E-state index is 11.6. The lowest BCUT2D eigenvalue weighted by molar-refractivity contribution is -0.118. The number of benzene rings is 1. The van der Waals surface area contributed by atoms with Gasteiger partial charge in [-0.05, 0) is 18.2 Å². The average molecular weight is 232 g/mol. The highest BCUT2D eigenvalue weighted by molar-refractivity contribution is 5.91. The van der Waals surface area contributed by atoms with Crippen molar-refractivity contribution in [3.05, 3.63) is 29.8 Å². The molecule has 0 saturated heterocycles. The van der Waals surface area contributed by atoms with Crippen molar-refractivity contribution in [2.75, 3.05) is 19.0 Å². The molecular formula is C13H16N2O2. The third-order valence-corrected chi connectivity index (χ3v) is 2.32. The van der Waals surface area contributed by atoms with Gasteiger partial charge in [0.1, 0.15) is 0 Å². The Morgan fingerprint density at radius 3 is 3.00 bits per heavy atom. The van der Waals surface area contributed by atoms with Crippen molar-refractivity contribution in [1.82, 2.24) is 0 Å². The fraction of sp³-hybridized carbons (Fsp3) is 0.308. The Morgan fingerprint density at radius 2 is 2.41 bits per heavy atom. The summed E-state index contributed by atoms with van der Waals surface area (Å²) in [5.74, 6) is 2.37. The molecule has 1 rings (SSSR count). The quantitative estimate of drug-likeness (QED) is 0.743. The van der Waals surface area contributed by atoms with E-state index in [0.717, 1.165) is 5.56 Å². The molecule has 90 valence electrons. The van der Waals surface area contributed by atoms with Crippen molar-refractivity contribution < 1.29 is 9.53 Å². The largest absolute Gasteiger partial charge is 0.380 e. The molecule has 4 heteroatoms. The van der Waals surface area contributed by atoms with Gasteiger partial charge >= 0.3 is 0 Å². The number of rotatable bonds is 5. The SMILES string of the molecule is C#Cc1cccc(NC(=O)CC(CN)OC)c1. The van der Waals surface area contributed by atoms with Crippen LogP contribution in [0.3, 0.4) is 0 Å². The van der Waals surface area contributed by atoms with E-state index >= 15 is 0 Å². The number of nitrogens with two attached hydrogens (primary N) is 1. The Kier molecular flexibility index (Phi) is 5.21. The highest BCUT2D eigenvalue weighted by atomic mass is 16.5. The minimum absolute atomic E-state index is 0.142. The molecule has 0 fully saturated rings. The number of terminal acetylenes is 1. The van der Waals surface area contributed by atoms with E-state index in [2.05, 4.69) is 11.2 Å². The van der Waals surface area contributed by atoms with Crippen LogP contribution < -0.4 is 11.1 Å². The molecule has 1 unspecified atom stereocenters. The van der Waals surface area contributed by atoms with Crippen LogP contribution >= 0.6 is 0 Å². The molecule has 0 aliphatic carbocycles. The van der Waals surface area contributed by atoms with Crippen molar-refractivity contribution in [2.24, 2.45) is 5.73 Å². The number of hydrogen-bond acceptors (Lipinski definition) is 3. The monoisotopic (exact) mass is 232 g/mol. The van der Waals surface area contributed by atoms with Crippen molar-refractivity contribution in [3.8, 4) is 12.3 Å². The zero-order valence-corrected chi connectivity index (χ0v) is 9.77. The summed E-state index contributed by atoms with van der Waals surface area (Å²) >= 11 is 0. The van der Waals surface area contributed by atoms with Crippen molar-refractivity contribution in [1.29, 1.82) is 0 Å². The predicted octanol–water partition coefficient (Wildman–Crippen LogP) is 0.970. The molecule has 17 heavy (non-hydrogen) atoms. The predicted molar refractivity (Wildman–Crippen MR) is 67.5 cm³/mol. The van der Waals surface area contributed by atoms with E-state index in [9.17, 15) is 4.79 Å². The zero-order chi connectivity index (χ0) is 12.7. The highest BCUT2D eigenvalue weighted by Gasteiger charge is 2.11. The van der Waals surface area contributed by atoms with E-state index in [0.29, 0.717) is 12.2 Å². The van der Waals surface area contributed by atoms with Crippen LogP contribution in [0.1, 0.15) is 12.0 Å². The standard InChI is InChI=1S/C13H16N2O2/c1-3-10-5-4-6-11(7-10)15-13(16)8-12(9-14)17-2/h1,4-7,12H,8-9,14H2,2H3,(H,15,16). The smallest absolute Gasteiger partial charge is 0.227 e. The molecular weight excluding hydrogens is 216 g/mol. The number of ether oxygens (including phenoxy) is 1. The summed E-state index contributed by atoms with van der Waals surface area (Å²) in [7, 11) is 1.53. The van der Waals surface area contributed by atoms with Gasteiger partial charge in [0.05, 0.1) is 12.5 Å². The lowest BCUT2D eigenvalue weighted by Crippen LogP contribution is -2.28. The van der Waals surface area contributed by atoms with E-state index < -0.39 is 0 Å². The van der Waals surface area contributed by atoms with Crippen molar-refractivity contribution in [2.45, 2.75) is 12.5 Å². The molecule has 0 bridgehead atoms. The van der Waals surface area contributed by atoms with Crippen LogP contribution in [0.2, 0.25) is 0 Å². The minimum Gasteiger partial charge on any atom is -0.380 e. The Hall–Kier alpha value is -1.83. The van der Waals surface area contributed by atoms with Gasteiger partial charge in [-0.1, -0.05) is 12.0 Å². The fourth-order valence-corrected chi connectivity index (χ4v) is 1.37. The fourth-order valence-electron chi connectivity index (χ4n) is 1.37. The topological polar surface area (TPSA) is 64.4 Å². The molecule has 0 aromatic heterocycles. The van der Waals surface area contributed by atoms with Crippen molar-refractivity contribution >= 4 is 11.6 Å². The number of methoxy groups -OCH3 is 1. The van der Waals surface area contributed by atoms with Crippen LogP contribution in [0.4, 0.5) is 5.69 Å². The van der Waals surface area contributed by atoms with Crippen LogP contribution in [0.25, 0.3) is 0 Å². The van der Waals surface area contributed by atoms with Crippen LogP contribution in [0.5, 0.6) is 0 Å². The average Bonchev–Trinajstić information content (AvgIpc) is 2.36. The van der Waals surface area contributed by atoms with E-state index in [1.54, 1.807) is 24.3 Å². The third-order valence-electron chi connectivity index (χ3n) is 2.32. The van der Waals surface area contributed by atoms with Crippen LogP contribution in [0.15, 0.2) is 24.3 Å². The number of amides is 1. The van der Waals surface area contributed by atoms with Gasteiger partial charge in [-0.3, -0.25) is 4.79 Å². The van der Waals surface area contributed by atoms with Gasteiger partial charge in [-0.15, -0.1) is 6.42 Å². The second-order valence-electron chi connectivity index (χ2n) is 3.57. The first-order chi connectivity index (χ1) is 8.19. The highest BCUT2D eigenvalue weighted by Crippen LogP contribution is 2.10. The van der Waals surface area contributed by atoms with Crippen molar-refractivity contribution in [3.63, 3.8) is 0 Å². The minimum atomic E-state index is -0.259. The van der Waals surface area contributed by atoms with Gasteiger partial charge in [-0.2, -0.15) is 0 Å². The summed E-state index contributed by atoms with van der Waals surface area (Å²) in [4.78, 5) is 11.6. The molecule has 4 nitrogen and oxygen atoms in total. The summed E-state index contributed by atoms with van der Waals surface area (Å²) in [5, 5.41) is 2.75. The van der Waals surface area contributed by atoms with E-state index in [4.69, 9.17) is 16.9 Å². The number of nitrogens with one attached hydrogen (secondary N) is 1. The number of carbonyl (C=O) groups excluding carboxylic acids is 1. The molecule has 0 aliphatic heterocycles. The summed E-state index contributed by atoms with van der Waals surface area (Å²) in [6.07, 6.45) is 5.25. The Labute approximate surface area is 101 Å². The Morgan fingerprint density at radius 1 is 1.65 bits per heavy atom. The van der Waals surface area contributed by atoms with Gasteiger partial charge in [0, 0.05) is 24.9 Å². The van der Waals surface area contributed by atoms with Gasteiger partial charge in [0.25, 0.3) is 0 Å². The molecule has 1 aromatic rings. The molecule has 0 heterocycles. The second kappa shape index (κ2) is 6.69. The summed E-state index contributed by atoms with van der Waals surface area (Å²) < 4.78 is 5.03. The maximum Gasteiger partial charge on any atom is 0.227 e. The first-order valence-electron chi connectivity index (χ1n) is 5.29. The van der Waals surface area contributed by atoms with E-state index in [-0.39, 0.29) is 18.4 Å². The molecule has 0 radical (unpaired) electrons. The Balaban J connectivity index is 2.59. The van der Waals surface area contributed by atoms with Crippen LogP contribution in [-0.2, 0) is 9.53 Å². The maximum absolute atomic E-state index is 11.6. The summed E-state index contributed by atoms with van der Waals surface area (Å²) in [6, 6.07) is 7.11. The van der Waals surface area contributed by atoms with E-state index in [1.807, 2.05) is 0 Å².